The highest BCUT2D eigenvalue weighted by atomic mass is 16.9. The number of esters is 4. The number of rotatable bonds is 11. The molecule has 0 aromatic carbocycles. The molecule has 0 aromatic heterocycles. The number of hydrogen-bond donors (Lipinski definition) is 0. The van der Waals surface area contributed by atoms with Crippen molar-refractivity contribution in [2.75, 3.05) is 0 Å². The lowest BCUT2D eigenvalue weighted by atomic mass is 10.1. The van der Waals surface area contributed by atoms with Gasteiger partial charge in [0.25, 0.3) is 0 Å². The van der Waals surface area contributed by atoms with E-state index in [9.17, 15) is 19.2 Å². The Morgan fingerprint density at radius 3 is 1.34 bits per heavy atom. The van der Waals surface area contributed by atoms with Crippen LogP contribution in [0.3, 0.4) is 0 Å². The van der Waals surface area contributed by atoms with Gasteiger partial charge in [0.15, 0.2) is 0 Å². The molecule has 0 aliphatic rings. The van der Waals surface area contributed by atoms with Crippen molar-refractivity contribution in [2.45, 2.75) is 59.5 Å². The molecule has 0 rings (SSSR count). The van der Waals surface area contributed by atoms with Crippen molar-refractivity contribution >= 4 is 23.9 Å². The number of carbonyl (C=O) groups excluding carboxylic acids is 4. The normalized spacial score (nSPS) is 13.1. The van der Waals surface area contributed by atoms with Gasteiger partial charge in [-0.25, -0.2) is 19.2 Å². The van der Waals surface area contributed by atoms with Gasteiger partial charge < -0.3 is 18.9 Å². The van der Waals surface area contributed by atoms with Crippen LogP contribution in [0.5, 0.6) is 0 Å². The summed E-state index contributed by atoms with van der Waals surface area (Å²) in [6.45, 7) is 8.06. The van der Waals surface area contributed by atoms with Gasteiger partial charge in [-0.3, -0.25) is 0 Å². The Balaban J connectivity index is 6.39. The fourth-order valence-corrected chi connectivity index (χ4v) is 2.08. The molecule has 0 fully saturated rings. The minimum atomic E-state index is -2.61. The second kappa shape index (κ2) is 13.9. The maximum absolute atomic E-state index is 12.2. The summed E-state index contributed by atoms with van der Waals surface area (Å²) in [5.74, 6) is -6.29. The quantitative estimate of drug-likeness (QED) is 0.291. The van der Waals surface area contributed by atoms with Crippen molar-refractivity contribution in [3.05, 3.63) is 48.6 Å². The monoisotopic (exact) mass is 408 g/mol. The Morgan fingerprint density at radius 2 is 1.03 bits per heavy atom. The van der Waals surface area contributed by atoms with Gasteiger partial charge >= 0.3 is 29.9 Å². The molecule has 1 unspecified atom stereocenters. The Morgan fingerprint density at radius 1 is 0.690 bits per heavy atom. The summed E-state index contributed by atoms with van der Waals surface area (Å²) in [4.78, 5) is 48.6. The highest BCUT2D eigenvalue weighted by Crippen LogP contribution is 2.28. The predicted octanol–water partition coefficient (Wildman–Crippen LogP) is 3.29. The highest BCUT2D eigenvalue weighted by molar-refractivity contribution is 5.86. The standard InChI is InChI=1S/C21H28O8/c1-6-11-16(26-17(22)12-7-2)21(27-18(23)13-8-3,28-19(24)14-9-4)29-20(25)15-10-5/h7-10,12-16H,6,11H2,1-5H3/b12-7+,13-8+,14-9+,15-10+. The van der Waals surface area contributed by atoms with E-state index >= 15 is 0 Å². The molecule has 0 aliphatic carbocycles. The molecule has 0 saturated heterocycles. The van der Waals surface area contributed by atoms with Gasteiger partial charge in [-0.15, -0.1) is 0 Å². The maximum Gasteiger partial charge on any atom is 0.463 e. The summed E-state index contributed by atoms with van der Waals surface area (Å²) in [5.41, 5.74) is 0. The maximum atomic E-state index is 12.2. The Kier molecular flexibility index (Phi) is 12.4. The van der Waals surface area contributed by atoms with Gasteiger partial charge in [0.05, 0.1) is 0 Å². The lowest BCUT2D eigenvalue weighted by Crippen LogP contribution is -2.54. The summed E-state index contributed by atoms with van der Waals surface area (Å²) in [7, 11) is 0. The van der Waals surface area contributed by atoms with E-state index in [4.69, 9.17) is 18.9 Å². The molecular formula is C21H28O8. The third-order valence-corrected chi connectivity index (χ3v) is 3.14. The summed E-state index contributed by atoms with van der Waals surface area (Å²) < 4.78 is 21.0. The Bertz CT molecular complexity index is 620. The van der Waals surface area contributed by atoms with E-state index < -0.39 is 36.0 Å². The average Bonchev–Trinajstić information content (AvgIpc) is 2.61. The van der Waals surface area contributed by atoms with E-state index in [1.807, 2.05) is 0 Å². The predicted molar refractivity (Wildman–Crippen MR) is 105 cm³/mol. The minimum Gasteiger partial charge on any atom is -0.446 e. The number of hydrogen-bond acceptors (Lipinski definition) is 8. The van der Waals surface area contributed by atoms with Crippen LogP contribution < -0.4 is 0 Å². The minimum absolute atomic E-state index is 0.0681. The zero-order valence-corrected chi connectivity index (χ0v) is 17.4. The molecule has 160 valence electrons. The van der Waals surface area contributed by atoms with Crippen LogP contribution in [0.4, 0.5) is 0 Å². The molecule has 0 spiro atoms. The number of ether oxygens (including phenoxy) is 4. The summed E-state index contributed by atoms with van der Waals surface area (Å²) in [6.07, 6.45) is 8.93. The SMILES string of the molecule is C/C=C/C(=O)OC(CCC)C(OC(=O)/C=C/C)(OC(=O)/C=C/C)OC(=O)/C=C/C. The molecule has 29 heavy (non-hydrogen) atoms. The second-order valence-electron chi connectivity index (χ2n) is 5.58. The molecule has 8 heteroatoms. The van der Waals surface area contributed by atoms with Crippen LogP contribution in [0.15, 0.2) is 48.6 Å². The Labute approximate surface area is 170 Å². The third-order valence-electron chi connectivity index (χ3n) is 3.14. The molecule has 0 aliphatic heterocycles. The lowest BCUT2D eigenvalue weighted by molar-refractivity contribution is -0.359. The van der Waals surface area contributed by atoms with Crippen molar-refractivity contribution in [1.29, 1.82) is 0 Å². The van der Waals surface area contributed by atoms with E-state index in [1.165, 1.54) is 24.3 Å². The topological polar surface area (TPSA) is 105 Å². The zero-order valence-electron chi connectivity index (χ0n) is 17.4. The van der Waals surface area contributed by atoms with Gasteiger partial charge in [0.2, 0.25) is 6.10 Å². The highest BCUT2D eigenvalue weighted by Gasteiger charge is 2.53. The van der Waals surface area contributed by atoms with E-state index in [1.54, 1.807) is 34.6 Å². The van der Waals surface area contributed by atoms with Crippen LogP contribution in [0.25, 0.3) is 0 Å². The number of allylic oxidation sites excluding steroid dienone is 4. The third kappa shape index (κ3) is 9.55. The Hall–Kier alpha value is -3.16. The zero-order chi connectivity index (χ0) is 22.3. The first-order valence-electron chi connectivity index (χ1n) is 9.18. The van der Waals surface area contributed by atoms with E-state index in [-0.39, 0.29) is 6.42 Å². The van der Waals surface area contributed by atoms with Gasteiger partial charge in [-0.2, -0.15) is 0 Å². The van der Waals surface area contributed by atoms with E-state index in [2.05, 4.69) is 0 Å². The summed E-state index contributed by atoms with van der Waals surface area (Å²) in [6, 6.07) is 0. The largest absolute Gasteiger partial charge is 0.463 e. The van der Waals surface area contributed by atoms with Crippen LogP contribution >= 0.6 is 0 Å². The molecule has 0 saturated carbocycles. The fraction of sp³-hybridized carbons (Fsp3) is 0.429. The van der Waals surface area contributed by atoms with Crippen LogP contribution in [-0.2, 0) is 38.1 Å². The molecular weight excluding hydrogens is 380 g/mol. The van der Waals surface area contributed by atoms with Crippen molar-refractivity contribution in [2.24, 2.45) is 0 Å². The lowest BCUT2D eigenvalue weighted by Gasteiger charge is -2.35. The van der Waals surface area contributed by atoms with Gasteiger partial charge in [-0.1, -0.05) is 37.6 Å². The van der Waals surface area contributed by atoms with E-state index in [0.717, 1.165) is 24.3 Å². The van der Waals surface area contributed by atoms with E-state index in [0.29, 0.717) is 6.42 Å². The van der Waals surface area contributed by atoms with Crippen molar-refractivity contribution in [3.8, 4) is 0 Å². The van der Waals surface area contributed by atoms with Crippen LogP contribution in [0.2, 0.25) is 0 Å². The van der Waals surface area contributed by atoms with Crippen LogP contribution in [0, 0.1) is 0 Å². The summed E-state index contributed by atoms with van der Waals surface area (Å²) in [5, 5.41) is 0. The fourth-order valence-electron chi connectivity index (χ4n) is 2.08. The van der Waals surface area contributed by atoms with Gasteiger partial charge in [0, 0.05) is 24.3 Å². The molecule has 0 amide bonds. The molecule has 1 atom stereocenters. The molecule has 0 bridgehead atoms. The molecule has 0 radical (unpaired) electrons. The molecule has 0 N–H and O–H groups in total. The van der Waals surface area contributed by atoms with Gasteiger partial charge in [-0.05, 0) is 34.1 Å². The molecule has 0 aromatic rings. The van der Waals surface area contributed by atoms with Gasteiger partial charge in [0.1, 0.15) is 0 Å². The van der Waals surface area contributed by atoms with Crippen molar-refractivity contribution in [3.63, 3.8) is 0 Å². The number of carbonyl (C=O) groups is 4. The van der Waals surface area contributed by atoms with Crippen molar-refractivity contribution in [1.82, 2.24) is 0 Å². The molecule has 0 heterocycles. The van der Waals surface area contributed by atoms with Crippen LogP contribution in [0.1, 0.15) is 47.5 Å². The first-order valence-corrected chi connectivity index (χ1v) is 9.18. The average molecular weight is 408 g/mol. The first-order chi connectivity index (χ1) is 13.8. The first kappa shape index (κ1) is 25.8. The smallest absolute Gasteiger partial charge is 0.446 e. The van der Waals surface area contributed by atoms with Crippen LogP contribution in [-0.4, -0.2) is 36.0 Å². The van der Waals surface area contributed by atoms with Crippen molar-refractivity contribution < 1.29 is 38.1 Å². The summed E-state index contributed by atoms with van der Waals surface area (Å²) >= 11 is 0. The second-order valence-corrected chi connectivity index (χ2v) is 5.58. The molecule has 8 nitrogen and oxygen atoms in total.